The number of ether oxygens (including phenoxy) is 4. The Balaban J connectivity index is 1.29. The molecule has 0 radical (unpaired) electrons. The third-order valence-electron chi connectivity index (χ3n) is 6.09. The lowest BCUT2D eigenvalue weighted by molar-refractivity contribution is -0.128. The number of hydrogen-bond donors (Lipinski definition) is 2. The first-order valence-corrected chi connectivity index (χ1v) is 14.1. The van der Waals surface area contributed by atoms with Crippen LogP contribution in [0.4, 0.5) is 11.4 Å². The van der Waals surface area contributed by atoms with Gasteiger partial charge in [-0.05, 0) is 98.3 Å². The predicted molar refractivity (Wildman–Crippen MR) is 162 cm³/mol. The van der Waals surface area contributed by atoms with Crippen molar-refractivity contribution < 1.29 is 33.3 Å². The van der Waals surface area contributed by atoms with Gasteiger partial charge in [-0.3, -0.25) is 0 Å². The summed E-state index contributed by atoms with van der Waals surface area (Å²) in [5, 5.41) is 0. The summed E-state index contributed by atoms with van der Waals surface area (Å²) < 4.78 is 21.5. The molecule has 4 N–H and O–H groups in total. The van der Waals surface area contributed by atoms with Crippen molar-refractivity contribution in [3.8, 4) is 11.5 Å². The molecule has 9 nitrogen and oxygen atoms in total. The van der Waals surface area contributed by atoms with Crippen LogP contribution in [0.3, 0.4) is 0 Å². The van der Waals surface area contributed by atoms with E-state index in [0.29, 0.717) is 54.3 Å². The van der Waals surface area contributed by atoms with Crippen LogP contribution >= 0.6 is 0 Å². The SMILES string of the molecule is CCCCOc1ccc(OC(=O)C=Cc2ccc(C(=O)OCCCCCCOC(=O)c3cc(N)cc(N)c3)cc2)cc1. The van der Waals surface area contributed by atoms with E-state index < -0.39 is 17.9 Å². The van der Waals surface area contributed by atoms with Gasteiger partial charge < -0.3 is 30.4 Å². The Bertz CT molecular complexity index is 1320. The van der Waals surface area contributed by atoms with E-state index in [0.717, 1.165) is 37.0 Å². The third kappa shape index (κ3) is 11.4. The van der Waals surface area contributed by atoms with E-state index in [1.807, 2.05) is 0 Å². The summed E-state index contributed by atoms with van der Waals surface area (Å²) in [5.74, 6) is -0.228. The van der Waals surface area contributed by atoms with Crippen LogP contribution in [-0.4, -0.2) is 37.7 Å². The minimum absolute atomic E-state index is 0.285. The van der Waals surface area contributed by atoms with Gasteiger partial charge in [-0.2, -0.15) is 0 Å². The average Bonchev–Trinajstić information content (AvgIpc) is 2.98. The van der Waals surface area contributed by atoms with E-state index in [-0.39, 0.29) is 6.61 Å². The van der Waals surface area contributed by atoms with E-state index in [2.05, 4.69) is 6.92 Å². The van der Waals surface area contributed by atoms with Crippen LogP contribution in [0.25, 0.3) is 6.08 Å². The predicted octanol–water partition coefficient (Wildman–Crippen LogP) is 6.22. The Kier molecular flexibility index (Phi) is 12.9. The molecular formula is C33H38N2O7. The molecule has 0 aromatic heterocycles. The van der Waals surface area contributed by atoms with Crippen LogP contribution < -0.4 is 20.9 Å². The molecule has 0 amide bonds. The fraction of sp³-hybridized carbons (Fsp3) is 0.303. The van der Waals surface area contributed by atoms with Crippen LogP contribution in [-0.2, 0) is 14.3 Å². The lowest BCUT2D eigenvalue weighted by Gasteiger charge is -2.07. The van der Waals surface area contributed by atoms with Crippen molar-refractivity contribution >= 4 is 35.4 Å². The molecule has 3 aromatic carbocycles. The van der Waals surface area contributed by atoms with Crippen molar-refractivity contribution in [1.29, 1.82) is 0 Å². The first kappa shape index (κ1) is 31.7. The molecule has 0 bridgehead atoms. The summed E-state index contributed by atoms with van der Waals surface area (Å²) in [7, 11) is 0. The Labute approximate surface area is 246 Å². The topological polar surface area (TPSA) is 140 Å². The van der Waals surface area contributed by atoms with Crippen molar-refractivity contribution in [2.24, 2.45) is 0 Å². The second kappa shape index (κ2) is 17.1. The monoisotopic (exact) mass is 574 g/mol. The highest BCUT2D eigenvalue weighted by molar-refractivity contribution is 5.92. The highest BCUT2D eigenvalue weighted by Gasteiger charge is 2.09. The van der Waals surface area contributed by atoms with Crippen molar-refractivity contribution in [2.75, 3.05) is 31.3 Å². The largest absolute Gasteiger partial charge is 0.494 e. The van der Waals surface area contributed by atoms with Gasteiger partial charge in [-0.25, -0.2) is 14.4 Å². The number of anilines is 2. The molecule has 0 aliphatic heterocycles. The molecule has 222 valence electrons. The van der Waals surface area contributed by atoms with Crippen LogP contribution in [0.15, 0.2) is 72.8 Å². The summed E-state index contributed by atoms with van der Waals surface area (Å²) >= 11 is 0. The molecule has 0 atom stereocenters. The van der Waals surface area contributed by atoms with Crippen LogP contribution in [0.5, 0.6) is 11.5 Å². The van der Waals surface area contributed by atoms with Crippen molar-refractivity contribution in [3.05, 3.63) is 89.5 Å². The zero-order valence-corrected chi connectivity index (χ0v) is 23.9. The summed E-state index contributed by atoms with van der Waals surface area (Å²) in [6.45, 7) is 3.33. The van der Waals surface area contributed by atoms with E-state index >= 15 is 0 Å². The maximum atomic E-state index is 12.3. The summed E-state index contributed by atoms with van der Waals surface area (Å²) in [4.78, 5) is 36.5. The maximum Gasteiger partial charge on any atom is 0.338 e. The minimum Gasteiger partial charge on any atom is -0.494 e. The fourth-order valence-electron chi connectivity index (χ4n) is 3.83. The standard InChI is InChI=1S/C33H38N2O7/c1-2-3-18-39-29-13-15-30(16-14-29)42-31(36)17-10-24-8-11-25(12-9-24)32(37)40-19-6-4-5-7-20-41-33(38)26-21-27(34)23-28(35)22-26/h8-17,21-23H,2-7,18-20,34-35H2,1H3. The Morgan fingerprint density at radius 3 is 1.83 bits per heavy atom. The first-order valence-electron chi connectivity index (χ1n) is 14.1. The molecule has 3 rings (SSSR count). The molecular weight excluding hydrogens is 536 g/mol. The summed E-state index contributed by atoms with van der Waals surface area (Å²) in [6, 6.07) is 18.3. The van der Waals surface area contributed by atoms with Gasteiger partial charge in [0.1, 0.15) is 11.5 Å². The second-order valence-corrected chi connectivity index (χ2v) is 9.62. The zero-order chi connectivity index (χ0) is 30.2. The number of nitrogen functional groups attached to an aromatic ring is 2. The zero-order valence-electron chi connectivity index (χ0n) is 23.9. The molecule has 0 unspecified atom stereocenters. The van der Waals surface area contributed by atoms with E-state index in [1.54, 1.807) is 60.7 Å². The number of rotatable bonds is 16. The van der Waals surface area contributed by atoms with Gasteiger partial charge in [-0.1, -0.05) is 25.5 Å². The van der Waals surface area contributed by atoms with Gasteiger partial charge >= 0.3 is 17.9 Å². The van der Waals surface area contributed by atoms with Crippen LogP contribution in [0.2, 0.25) is 0 Å². The number of hydrogen-bond acceptors (Lipinski definition) is 9. The lowest BCUT2D eigenvalue weighted by Crippen LogP contribution is -2.08. The van der Waals surface area contributed by atoms with E-state index in [9.17, 15) is 14.4 Å². The van der Waals surface area contributed by atoms with Gasteiger partial charge in [0, 0.05) is 17.5 Å². The molecule has 0 saturated heterocycles. The number of unbranched alkanes of at least 4 members (excludes halogenated alkanes) is 4. The van der Waals surface area contributed by atoms with Crippen LogP contribution in [0, 0.1) is 0 Å². The Morgan fingerprint density at radius 2 is 1.24 bits per heavy atom. The molecule has 42 heavy (non-hydrogen) atoms. The molecule has 0 heterocycles. The average molecular weight is 575 g/mol. The number of benzene rings is 3. The third-order valence-corrected chi connectivity index (χ3v) is 6.09. The Hall–Kier alpha value is -4.79. The van der Waals surface area contributed by atoms with Gasteiger partial charge in [-0.15, -0.1) is 0 Å². The highest BCUT2D eigenvalue weighted by Crippen LogP contribution is 2.19. The molecule has 9 heteroatoms. The summed E-state index contributed by atoms with van der Waals surface area (Å²) in [5.41, 5.74) is 13.7. The molecule has 0 spiro atoms. The van der Waals surface area contributed by atoms with Crippen molar-refractivity contribution in [2.45, 2.75) is 45.4 Å². The van der Waals surface area contributed by atoms with Crippen LogP contribution in [0.1, 0.15) is 71.7 Å². The highest BCUT2D eigenvalue weighted by atomic mass is 16.5. The van der Waals surface area contributed by atoms with Crippen molar-refractivity contribution in [3.63, 3.8) is 0 Å². The van der Waals surface area contributed by atoms with Gasteiger partial charge in [0.05, 0.1) is 30.9 Å². The quantitative estimate of drug-likeness (QED) is 0.0670. The first-order chi connectivity index (χ1) is 20.3. The fourth-order valence-corrected chi connectivity index (χ4v) is 3.83. The lowest BCUT2D eigenvalue weighted by atomic mass is 10.1. The molecule has 3 aromatic rings. The van der Waals surface area contributed by atoms with Gasteiger partial charge in [0.15, 0.2) is 0 Å². The van der Waals surface area contributed by atoms with E-state index in [1.165, 1.54) is 18.2 Å². The molecule has 0 fully saturated rings. The number of carbonyl (C=O) groups is 3. The minimum atomic E-state index is -0.511. The maximum absolute atomic E-state index is 12.3. The van der Waals surface area contributed by atoms with Gasteiger partial charge in [0.25, 0.3) is 0 Å². The molecule has 0 aliphatic carbocycles. The number of carbonyl (C=O) groups excluding carboxylic acids is 3. The smallest absolute Gasteiger partial charge is 0.338 e. The summed E-state index contributed by atoms with van der Waals surface area (Å²) in [6.07, 6.45) is 8.03. The van der Waals surface area contributed by atoms with Crippen molar-refractivity contribution in [1.82, 2.24) is 0 Å². The number of nitrogens with two attached hydrogens (primary N) is 2. The Morgan fingerprint density at radius 1 is 0.667 bits per heavy atom. The normalized spacial score (nSPS) is 10.8. The number of esters is 3. The van der Waals surface area contributed by atoms with Gasteiger partial charge in [0.2, 0.25) is 0 Å². The molecule has 0 saturated carbocycles. The molecule has 0 aliphatic rings. The van der Waals surface area contributed by atoms with E-state index in [4.69, 9.17) is 30.4 Å². The second-order valence-electron chi connectivity index (χ2n) is 9.62.